The van der Waals surface area contributed by atoms with Crippen molar-refractivity contribution in [1.29, 1.82) is 0 Å². The van der Waals surface area contributed by atoms with Crippen molar-refractivity contribution in [2.24, 2.45) is 0 Å². The maximum absolute atomic E-state index is 12.1. The van der Waals surface area contributed by atoms with E-state index < -0.39 is 0 Å². The number of pyridine rings is 1. The molecule has 0 saturated heterocycles. The molecular weight excluding hydrogens is 345 g/mol. The van der Waals surface area contributed by atoms with E-state index in [4.69, 9.17) is 23.2 Å². The maximum Gasteiger partial charge on any atom is 0.226 e. The van der Waals surface area contributed by atoms with Crippen LogP contribution in [0.5, 0.6) is 0 Å². The lowest BCUT2D eigenvalue weighted by molar-refractivity contribution is -0.115. The van der Waals surface area contributed by atoms with Gasteiger partial charge in [-0.3, -0.25) is 9.78 Å². The van der Waals surface area contributed by atoms with Gasteiger partial charge in [0, 0.05) is 40.3 Å². The summed E-state index contributed by atoms with van der Waals surface area (Å²) in [7, 11) is 0. The first kappa shape index (κ1) is 16.6. The molecule has 3 aromatic rings. The summed E-state index contributed by atoms with van der Waals surface area (Å²) in [5.74, 6) is -0.0891. The molecule has 1 aromatic heterocycles. The van der Waals surface area contributed by atoms with Crippen LogP contribution in [0.4, 0.5) is 11.4 Å². The lowest BCUT2D eigenvalue weighted by Crippen LogP contribution is -2.16. The minimum atomic E-state index is -0.0891. The number of fused-ring (bicyclic) bond motifs is 1. The van der Waals surface area contributed by atoms with E-state index in [1.807, 2.05) is 30.3 Å². The van der Waals surface area contributed by atoms with Crippen molar-refractivity contribution in [2.75, 3.05) is 17.2 Å². The summed E-state index contributed by atoms with van der Waals surface area (Å²) >= 11 is 11.9. The van der Waals surface area contributed by atoms with Crippen molar-refractivity contribution < 1.29 is 4.79 Å². The first-order valence-corrected chi connectivity index (χ1v) is 8.21. The highest BCUT2D eigenvalue weighted by Crippen LogP contribution is 2.23. The fourth-order valence-corrected chi connectivity index (χ4v) is 2.92. The molecule has 0 fully saturated rings. The van der Waals surface area contributed by atoms with Crippen LogP contribution in [0.25, 0.3) is 10.9 Å². The SMILES string of the molecule is O=C(CCNc1cc(Cl)cc(Cl)c1)Nc1cccc2cccnc12. The number of para-hydroxylation sites is 1. The lowest BCUT2D eigenvalue weighted by atomic mass is 10.2. The Balaban J connectivity index is 1.59. The van der Waals surface area contributed by atoms with E-state index in [2.05, 4.69) is 15.6 Å². The van der Waals surface area contributed by atoms with Gasteiger partial charge in [-0.1, -0.05) is 41.4 Å². The summed E-state index contributed by atoms with van der Waals surface area (Å²) in [6.45, 7) is 0.473. The van der Waals surface area contributed by atoms with Gasteiger partial charge >= 0.3 is 0 Å². The molecule has 0 unspecified atom stereocenters. The first-order chi connectivity index (χ1) is 11.6. The molecule has 0 aliphatic rings. The van der Waals surface area contributed by atoms with Crippen molar-refractivity contribution in [3.8, 4) is 0 Å². The quantitative estimate of drug-likeness (QED) is 0.675. The fraction of sp³-hybridized carbons (Fsp3) is 0.111. The molecule has 0 atom stereocenters. The van der Waals surface area contributed by atoms with Crippen LogP contribution >= 0.6 is 23.2 Å². The van der Waals surface area contributed by atoms with Crippen LogP contribution in [-0.4, -0.2) is 17.4 Å². The molecule has 6 heteroatoms. The molecule has 2 N–H and O–H groups in total. The Kier molecular flexibility index (Phi) is 5.18. The van der Waals surface area contributed by atoms with Crippen LogP contribution in [-0.2, 0) is 4.79 Å². The third-order valence-electron chi connectivity index (χ3n) is 3.45. The lowest BCUT2D eigenvalue weighted by Gasteiger charge is -2.09. The van der Waals surface area contributed by atoms with Gasteiger partial charge < -0.3 is 10.6 Å². The van der Waals surface area contributed by atoms with E-state index in [1.54, 1.807) is 24.4 Å². The molecule has 0 radical (unpaired) electrons. The van der Waals surface area contributed by atoms with Gasteiger partial charge in [-0.2, -0.15) is 0 Å². The predicted molar refractivity (Wildman–Crippen MR) is 99.9 cm³/mol. The summed E-state index contributed by atoms with van der Waals surface area (Å²) < 4.78 is 0. The monoisotopic (exact) mass is 359 g/mol. The highest BCUT2D eigenvalue weighted by atomic mass is 35.5. The van der Waals surface area contributed by atoms with E-state index >= 15 is 0 Å². The van der Waals surface area contributed by atoms with Gasteiger partial charge in [0.25, 0.3) is 0 Å². The number of carbonyl (C=O) groups is 1. The van der Waals surface area contributed by atoms with Gasteiger partial charge in [-0.15, -0.1) is 0 Å². The molecule has 4 nitrogen and oxygen atoms in total. The second-order valence-corrected chi connectivity index (χ2v) is 6.14. The molecule has 24 heavy (non-hydrogen) atoms. The topological polar surface area (TPSA) is 54.0 Å². The average Bonchev–Trinajstić information content (AvgIpc) is 2.54. The van der Waals surface area contributed by atoms with Crippen LogP contribution in [0.15, 0.2) is 54.7 Å². The van der Waals surface area contributed by atoms with E-state index in [9.17, 15) is 4.79 Å². The Morgan fingerprint density at radius 3 is 2.58 bits per heavy atom. The van der Waals surface area contributed by atoms with E-state index in [1.165, 1.54) is 0 Å². The zero-order chi connectivity index (χ0) is 16.9. The van der Waals surface area contributed by atoms with Crippen LogP contribution < -0.4 is 10.6 Å². The Morgan fingerprint density at radius 1 is 1.04 bits per heavy atom. The first-order valence-electron chi connectivity index (χ1n) is 7.45. The van der Waals surface area contributed by atoms with E-state index in [-0.39, 0.29) is 5.91 Å². The number of halogens is 2. The highest BCUT2D eigenvalue weighted by molar-refractivity contribution is 6.35. The minimum absolute atomic E-state index is 0.0891. The number of nitrogens with zero attached hydrogens (tertiary/aromatic N) is 1. The zero-order valence-corrected chi connectivity index (χ0v) is 14.2. The number of hydrogen-bond acceptors (Lipinski definition) is 3. The molecule has 1 heterocycles. The largest absolute Gasteiger partial charge is 0.384 e. The number of aromatic nitrogens is 1. The third-order valence-corrected chi connectivity index (χ3v) is 3.89. The van der Waals surface area contributed by atoms with E-state index in [0.29, 0.717) is 28.7 Å². The Bertz CT molecular complexity index is 858. The third kappa shape index (κ3) is 4.16. The fourth-order valence-electron chi connectivity index (χ4n) is 2.39. The number of nitrogens with one attached hydrogen (secondary N) is 2. The van der Waals surface area contributed by atoms with Crippen LogP contribution in [0, 0.1) is 0 Å². The second-order valence-electron chi connectivity index (χ2n) is 5.26. The molecule has 0 aliphatic carbocycles. The second kappa shape index (κ2) is 7.51. The van der Waals surface area contributed by atoms with Gasteiger partial charge in [-0.05, 0) is 30.3 Å². The molecular formula is C18H15Cl2N3O. The van der Waals surface area contributed by atoms with Gasteiger partial charge in [0.2, 0.25) is 5.91 Å². The Morgan fingerprint density at radius 2 is 1.79 bits per heavy atom. The number of carbonyl (C=O) groups excluding carboxylic acids is 1. The molecule has 2 aromatic carbocycles. The number of anilines is 2. The zero-order valence-electron chi connectivity index (χ0n) is 12.7. The van der Waals surface area contributed by atoms with E-state index in [0.717, 1.165) is 16.6 Å². The normalized spacial score (nSPS) is 10.6. The summed E-state index contributed by atoms with van der Waals surface area (Å²) in [6, 6.07) is 14.7. The molecule has 0 spiro atoms. The number of rotatable bonds is 5. The Labute approximate surface area is 149 Å². The molecule has 0 saturated carbocycles. The van der Waals surface area contributed by atoms with Gasteiger partial charge in [-0.25, -0.2) is 0 Å². The maximum atomic E-state index is 12.1. The molecule has 0 aliphatic heterocycles. The van der Waals surface area contributed by atoms with Gasteiger partial charge in [0.1, 0.15) is 0 Å². The van der Waals surface area contributed by atoms with Gasteiger partial charge in [0.05, 0.1) is 11.2 Å². The van der Waals surface area contributed by atoms with Gasteiger partial charge in [0.15, 0.2) is 0 Å². The van der Waals surface area contributed by atoms with Crippen molar-refractivity contribution in [3.63, 3.8) is 0 Å². The summed E-state index contributed by atoms with van der Waals surface area (Å²) in [4.78, 5) is 16.5. The standard InChI is InChI=1S/C18H15Cl2N3O/c19-13-9-14(20)11-15(10-13)21-8-6-17(24)23-16-5-1-3-12-4-2-7-22-18(12)16/h1-5,7,9-11,21H,6,8H2,(H,23,24). The summed E-state index contributed by atoms with van der Waals surface area (Å²) in [5, 5.41) is 8.13. The summed E-state index contributed by atoms with van der Waals surface area (Å²) in [6.07, 6.45) is 2.02. The number of amides is 1. The van der Waals surface area contributed by atoms with Crippen molar-refractivity contribution in [1.82, 2.24) is 4.98 Å². The van der Waals surface area contributed by atoms with Crippen LogP contribution in [0.1, 0.15) is 6.42 Å². The number of benzene rings is 2. The van der Waals surface area contributed by atoms with Crippen LogP contribution in [0.2, 0.25) is 10.0 Å². The summed E-state index contributed by atoms with van der Waals surface area (Å²) in [5.41, 5.74) is 2.28. The average molecular weight is 360 g/mol. The van der Waals surface area contributed by atoms with Crippen molar-refractivity contribution in [2.45, 2.75) is 6.42 Å². The smallest absolute Gasteiger partial charge is 0.226 e. The van der Waals surface area contributed by atoms with Crippen molar-refractivity contribution >= 4 is 51.4 Å². The predicted octanol–water partition coefficient (Wildman–Crippen LogP) is 4.98. The molecule has 0 bridgehead atoms. The van der Waals surface area contributed by atoms with Crippen LogP contribution in [0.3, 0.4) is 0 Å². The molecule has 1 amide bonds. The Hall–Kier alpha value is -2.30. The molecule has 122 valence electrons. The number of hydrogen-bond donors (Lipinski definition) is 2. The minimum Gasteiger partial charge on any atom is -0.384 e. The highest BCUT2D eigenvalue weighted by Gasteiger charge is 2.06. The molecule has 3 rings (SSSR count). The van der Waals surface area contributed by atoms with Crippen molar-refractivity contribution in [3.05, 3.63) is 64.8 Å².